The van der Waals surface area contributed by atoms with Crippen LogP contribution in [0.25, 0.3) is 0 Å². The molecule has 3 nitrogen and oxygen atoms in total. The summed E-state index contributed by atoms with van der Waals surface area (Å²) in [4.78, 5) is 15.6. The fraction of sp³-hybridized carbons (Fsp3) is 0.643. The standard InChI is InChI=1S/C14H22N2OS/c1-11-5-3-7-16(10-11)12(2)14(17)15-9-13-6-4-8-18-13/h4,6,8,11-12H,3,5,7,9-10H2,1-2H3,(H,15,17)/t11-,12+/m1/s1. The predicted molar refractivity (Wildman–Crippen MR) is 75.6 cm³/mol. The van der Waals surface area contributed by atoms with Crippen LogP contribution in [0.3, 0.4) is 0 Å². The third-order valence-electron chi connectivity index (χ3n) is 3.63. The van der Waals surface area contributed by atoms with Gasteiger partial charge in [0.15, 0.2) is 0 Å². The Morgan fingerprint density at radius 3 is 3.17 bits per heavy atom. The first-order chi connectivity index (χ1) is 8.66. The highest BCUT2D eigenvalue weighted by molar-refractivity contribution is 7.09. The number of hydrogen-bond acceptors (Lipinski definition) is 3. The van der Waals surface area contributed by atoms with E-state index in [1.165, 1.54) is 17.7 Å². The fourth-order valence-electron chi connectivity index (χ4n) is 2.48. The molecule has 18 heavy (non-hydrogen) atoms. The molecular formula is C14H22N2OS. The van der Waals surface area contributed by atoms with E-state index >= 15 is 0 Å². The lowest BCUT2D eigenvalue weighted by Gasteiger charge is -2.34. The molecule has 1 aliphatic heterocycles. The Labute approximate surface area is 113 Å². The van der Waals surface area contributed by atoms with E-state index in [0.717, 1.165) is 13.1 Å². The second-order valence-electron chi connectivity index (χ2n) is 5.22. The Bertz CT molecular complexity index is 377. The average molecular weight is 266 g/mol. The molecule has 100 valence electrons. The molecule has 0 aromatic carbocycles. The zero-order chi connectivity index (χ0) is 13.0. The number of amides is 1. The number of carbonyl (C=O) groups is 1. The molecule has 1 saturated heterocycles. The first kappa shape index (κ1) is 13.6. The molecule has 1 fully saturated rings. The largest absolute Gasteiger partial charge is 0.350 e. The van der Waals surface area contributed by atoms with Crippen LogP contribution >= 0.6 is 11.3 Å². The number of piperidine rings is 1. The van der Waals surface area contributed by atoms with E-state index in [-0.39, 0.29) is 11.9 Å². The molecule has 2 heterocycles. The maximum Gasteiger partial charge on any atom is 0.237 e. The molecule has 2 atom stereocenters. The van der Waals surface area contributed by atoms with Crippen molar-refractivity contribution in [3.05, 3.63) is 22.4 Å². The molecule has 0 aliphatic carbocycles. The van der Waals surface area contributed by atoms with Gasteiger partial charge in [-0.25, -0.2) is 0 Å². The van der Waals surface area contributed by atoms with Gasteiger partial charge < -0.3 is 5.32 Å². The van der Waals surface area contributed by atoms with Gasteiger partial charge in [-0.05, 0) is 43.7 Å². The molecule has 0 saturated carbocycles. The van der Waals surface area contributed by atoms with Crippen LogP contribution in [0.5, 0.6) is 0 Å². The summed E-state index contributed by atoms with van der Waals surface area (Å²) >= 11 is 1.68. The van der Waals surface area contributed by atoms with Gasteiger partial charge in [0.25, 0.3) is 0 Å². The van der Waals surface area contributed by atoms with Gasteiger partial charge >= 0.3 is 0 Å². The second kappa shape index (κ2) is 6.34. The summed E-state index contributed by atoms with van der Waals surface area (Å²) < 4.78 is 0. The highest BCUT2D eigenvalue weighted by Gasteiger charge is 2.25. The summed E-state index contributed by atoms with van der Waals surface area (Å²) in [6.07, 6.45) is 2.50. The second-order valence-corrected chi connectivity index (χ2v) is 6.25. The van der Waals surface area contributed by atoms with Crippen LogP contribution in [0, 0.1) is 5.92 Å². The first-order valence-electron chi connectivity index (χ1n) is 6.71. The maximum absolute atomic E-state index is 12.1. The molecular weight excluding hydrogens is 244 g/mol. The summed E-state index contributed by atoms with van der Waals surface area (Å²) in [5.41, 5.74) is 0. The molecule has 0 unspecified atom stereocenters. The number of thiophene rings is 1. The number of hydrogen-bond donors (Lipinski definition) is 1. The summed E-state index contributed by atoms with van der Waals surface area (Å²) in [6, 6.07) is 4.06. The van der Waals surface area contributed by atoms with Gasteiger partial charge in [0.2, 0.25) is 5.91 Å². The van der Waals surface area contributed by atoms with E-state index in [1.54, 1.807) is 11.3 Å². The van der Waals surface area contributed by atoms with Crippen molar-refractivity contribution >= 4 is 17.2 Å². The first-order valence-corrected chi connectivity index (χ1v) is 7.59. The average Bonchev–Trinajstić information content (AvgIpc) is 2.88. The van der Waals surface area contributed by atoms with Gasteiger partial charge in [-0.2, -0.15) is 0 Å². The number of nitrogens with one attached hydrogen (secondary N) is 1. The molecule has 4 heteroatoms. The third kappa shape index (κ3) is 3.56. The Kier molecular flexibility index (Phi) is 4.78. The Morgan fingerprint density at radius 1 is 1.67 bits per heavy atom. The monoisotopic (exact) mass is 266 g/mol. The van der Waals surface area contributed by atoms with Gasteiger partial charge in [0.1, 0.15) is 0 Å². The SMILES string of the molecule is C[C@@H]1CCCN([C@@H](C)C(=O)NCc2cccs2)C1. The van der Waals surface area contributed by atoms with Crippen molar-refractivity contribution in [3.8, 4) is 0 Å². The number of nitrogens with zero attached hydrogens (tertiary/aromatic N) is 1. The van der Waals surface area contributed by atoms with E-state index in [1.807, 2.05) is 18.4 Å². The molecule has 0 radical (unpaired) electrons. The number of likely N-dealkylation sites (tertiary alicyclic amines) is 1. The predicted octanol–water partition coefficient (Wildman–Crippen LogP) is 2.48. The molecule has 0 spiro atoms. The van der Waals surface area contributed by atoms with E-state index in [2.05, 4.69) is 23.2 Å². The van der Waals surface area contributed by atoms with Gasteiger partial charge in [-0.1, -0.05) is 13.0 Å². The van der Waals surface area contributed by atoms with Crippen LogP contribution in [0.4, 0.5) is 0 Å². The van der Waals surface area contributed by atoms with Crippen LogP contribution in [-0.4, -0.2) is 29.9 Å². The van der Waals surface area contributed by atoms with Crippen molar-refractivity contribution < 1.29 is 4.79 Å². The van der Waals surface area contributed by atoms with E-state index < -0.39 is 0 Å². The summed E-state index contributed by atoms with van der Waals surface area (Å²) in [7, 11) is 0. The van der Waals surface area contributed by atoms with Crippen LogP contribution in [0.2, 0.25) is 0 Å². The quantitative estimate of drug-likeness (QED) is 0.908. The number of rotatable bonds is 4. The maximum atomic E-state index is 12.1. The molecule has 1 aromatic rings. The molecule has 1 aliphatic rings. The van der Waals surface area contributed by atoms with Gasteiger partial charge in [0.05, 0.1) is 12.6 Å². The van der Waals surface area contributed by atoms with Crippen molar-refractivity contribution in [2.24, 2.45) is 5.92 Å². The minimum absolute atomic E-state index is 0.00675. The van der Waals surface area contributed by atoms with Crippen molar-refractivity contribution in [2.45, 2.75) is 39.3 Å². The molecule has 1 aromatic heterocycles. The normalized spacial score (nSPS) is 22.7. The van der Waals surface area contributed by atoms with Crippen molar-refractivity contribution in [1.29, 1.82) is 0 Å². The van der Waals surface area contributed by atoms with Crippen LogP contribution in [0.15, 0.2) is 17.5 Å². The van der Waals surface area contributed by atoms with Gasteiger partial charge in [-0.15, -0.1) is 11.3 Å². The molecule has 0 bridgehead atoms. The lowest BCUT2D eigenvalue weighted by Crippen LogP contribution is -2.48. The fourth-order valence-corrected chi connectivity index (χ4v) is 3.12. The summed E-state index contributed by atoms with van der Waals surface area (Å²) in [5.74, 6) is 0.865. The van der Waals surface area contributed by atoms with Crippen LogP contribution in [0.1, 0.15) is 31.6 Å². The van der Waals surface area contributed by atoms with E-state index in [9.17, 15) is 4.79 Å². The van der Waals surface area contributed by atoms with Crippen molar-refractivity contribution in [1.82, 2.24) is 10.2 Å². The smallest absolute Gasteiger partial charge is 0.237 e. The van der Waals surface area contributed by atoms with Crippen LogP contribution < -0.4 is 5.32 Å². The Morgan fingerprint density at radius 2 is 2.50 bits per heavy atom. The molecule has 1 amide bonds. The highest BCUT2D eigenvalue weighted by atomic mass is 32.1. The van der Waals surface area contributed by atoms with Crippen molar-refractivity contribution in [3.63, 3.8) is 0 Å². The van der Waals surface area contributed by atoms with Crippen LogP contribution in [-0.2, 0) is 11.3 Å². The zero-order valence-electron chi connectivity index (χ0n) is 11.2. The number of carbonyl (C=O) groups excluding carboxylic acids is 1. The summed E-state index contributed by atoms with van der Waals surface area (Å²) in [6.45, 7) is 7.04. The minimum atomic E-state index is -0.00675. The van der Waals surface area contributed by atoms with E-state index in [4.69, 9.17) is 0 Å². The lowest BCUT2D eigenvalue weighted by atomic mass is 9.99. The molecule has 2 rings (SSSR count). The van der Waals surface area contributed by atoms with Gasteiger partial charge in [-0.3, -0.25) is 9.69 Å². The highest BCUT2D eigenvalue weighted by Crippen LogP contribution is 2.17. The molecule has 1 N–H and O–H groups in total. The third-order valence-corrected chi connectivity index (χ3v) is 4.51. The lowest BCUT2D eigenvalue weighted by molar-refractivity contribution is -0.126. The minimum Gasteiger partial charge on any atom is -0.350 e. The zero-order valence-corrected chi connectivity index (χ0v) is 12.0. The topological polar surface area (TPSA) is 32.3 Å². The summed E-state index contributed by atoms with van der Waals surface area (Å²) in [5, 5.41) is 5.07. The Hall–Kier alpha value is -0.870. The van der Waals surface area contributed by atoms with E-state index in [0.29, 0.717) is 12.5 Å². The Balaban J connectivity index is 1.80. The van der Waals surface area contributed by atoms with Crippen molar-refractivity contribution in [2.75, 3.05) is 13.1 Å². The van der Waals surface area contributed by atoms with Gasteiger partial charge in [0, 0.05) is 11.4 Å².